The number of anilines is 1. The molecule has 2 heterocycles. The number of nitrogens with zero attached hydrogens (tertiary/aromatic N) is 2. The van der Waals surface area contributed by atoms with Gasteiger partial charge in [-0.25, -0.2) is 9.88 Å². The molecule has 3 rings (SSSR count). The third-order valence-electron chi connectivity index (χ3n) is 3.78. The quantitative estimate of drug-likeness (QED) is 0.813. The highest BCUT2D eigenvalue weighted by molar-refractivity contribution is 6.22. The van der Waals surface area contributed by atoms with E-state index in [9.17, 15) is 9.59 Å². The van der Waals surface area contributed by atoms with E-state index in [1.165, 1.54) is 4.90 Å². The molecule has 2 aromatic rings. The predicted octanol–water partition coefficient (Wildman–Crippen LogP) is 1.18. The fraction of sp³-hybridized carbons (Fsp3) is 0.312. The number of carbonyl (C=O) groups excluding carboxylic acids is 2. The van der Waals surface area contributed by atoms with Gasteiger partial charge in [0.15, 0.2) is 0 Å². The normalized spacial score (nSPS) is 18.2. The Balaban J connectivity index is 1.62. The molecule has 1 aliphatic heterocycles. The van der Waals surface area contributed by atoms with E-state index in [1.807, 2.05) is 19.1 Å². The van der Waals surface area contributed by atoms with E-state index in [2.05, 4.69) is 15.3 Å². The van der Waals surface area contributed by atoms with Crippen molar-refractivity contribution in [3.63, 3.8) is 0 Å². The maximum absolute atomic E-state index is 12.4. The number of hydrogen-bond donors (Lipinski definition) is 2. The fourth-order valence-electron chi connectivity index (χ4n) is 2.56. The summed E-state index contributed by atoms with van der Waals surface area (Å²) in [6, 6.07) is 6.96. The molecular weight excluding hydrogens is 280 g/mol. The number of aromatic amines is 1. The first-order valence-electron chi connectivity index (χ1n) is 7.29. The maximum Gasteiger partial charge on any atom is 0.251 e. The first-order chi connectivity index (χ1) is 10.6. The van der Waals surface area contributed by atoms with E-state index in [0.29, 0.717) is 12.2 Å². The van der Waals surface area contributed by atoms with Crippen LogP contribution < -0.4 is 10.2 Å². The topological polar surface area (TPSA) is 78.1 Å². The third kappa shape index (κ3) is 2.92. The predicted molar refractivity (Wildman–Crippen MR) is 82.4 cm³/mol. The van der Waals surface area contributed by atoms with Crippen molar-refractivity contribution in [2.75, 3.05) is 11.4 Å². The van der Waals surface area contributed by atoms with Gasteiger partial charge in [-0.3, -0.25) is 9.59 Å². The van der Waals surface area contributed by atoms with E-state index >= 15 is 0 Å². The van der Waals surface area contributed by atoms with Crippen LogP contribution in [0.5, 0.6) is 0 Å². The second kappa shape index (κ2) is 6.11. The number of hydrogen-bond acceptors (Lipinski definition) is 4. The summed E-state index contributed by atoms with van der Waals surface area (Å²) in [5.74, 6) is -0.341. The second-order valence-corrected chi connectivity index (χ2v) is 5.44. The molecule has 2 amide bonds. The van der Waals surface area contributed by atoms with E-state index in [4.69, 9.17) is 0 Å². The first kappa shape index (κ1) is 14.5. The monoisotopic (exact) mass is 298 g/mol. The Kier molecular flexibility index (Phi) is 4.02. The van der Waals surface area contributed by atoms with Gasteiger partial charge in [0.25, 0.3) is 5.91 Å². The average Bonchev–Trinajstić information content (AvgIpc) is 3.10. The Hall–Kier alpha value is -2.47. The van der Waals surface area contributed by atoms with E-state index in [0.717, 1.165) is 17.7 Å². The minimum Gasteiger partial charge on any atom is -0.348 e. The lowest BCUT2D eigenvalue weighted by molar-refractivity contribution is -0.121. The summed E-state index contributed by atoms with van der Waals surface area (Å²) in [6.45, 7) is 2.59. The van der Waals surface area contributed by atoms with Gasteiger partial charge >= 0.3 is 0 Å². The SMILES string of the molecule is Cc1ccc(N2C(=O)C[C@@H](NCCc3cnc[nH]3)C2=O)cc1. The van der Waals surface area contributed by atoms with Gasteiger partial charge in [0.2, 0.25) is 5.91 Å². The van der Waals surface area contributed by atoms with Crippen LogP contribution in [0.3, 0.4) is 0 Å². The number of amides is 2. The summed E-state index contributed by atoms with van der Waals surface area (Å²) in [7, 11) is 0. The number of H-pyrrole nitrogens is 1. The number of aryl methyl sites for hydroxylation is 1. The van der Waals surface area contributed by atoms with Crippen molar-refractivity contribution >= 4 is 17.5 Å². The Bertz CT molecular complexity index is 664. The number of imidazole rings is 1. The molecule has 1 aliphatic rings. The highest BCUT2D eigenvalue weighted by Crippen LogP contribution is 2.23. The maximum atomic E-state index is 12.4. The molecule has 1 atom stereocenters. The molecule has 114 valence electrons. The van der Waals surface area contributed by atoms with Crippen molar-refractivity contribution in [1.82, 2.24) is 15.3 Å². The van der Waals surface area contributed by atoms with Crippen LogP contribution >= 0.6 is 0 Å². The second-order valence-electron chi connectivity index (χ2n) is 5.44. The zero-order chi connectivity index (χ0) is 15.5. The smallest absolute Gasteiger partial charge is 0.251 e. The Morgan fingerprint density at radius 1 is 1.32 bits per heavy atom. The summed E-state index contributed by atoms with van der Waals surface area (Å²) < 4.78 is 0. The lowest BCUT2D eigenvalue weighted by Gasteiger charge is -2.15. The Morgan fingerprint density at radius 3 is 2.77 bits per heavy atom. The molecular formula is C16H18N4O2. The van der Waals surface area contributed by atoms with E-state index in [-0.39, 0.29) is 18.2 Å². The molecule has 0 bridgehead atoms. The lowest BCUT2D eigenvalue weighted by Crippen LogP contribution is -2.39. The summed E-state index contributed by atoms with van der Waals surface area (Å²) in [5, 5.41) is 3.15. The van der Waals surface area contributed by atoms with Crippen LogP contribution in [-0.4, -0.2) is 34.4 Å². The van der Waals surface area contributed by atoms with E-state index in [1.54, 1.807) is 24.7 Å². The summed E-state index contributed by atoms with van der Waals surface area (Å²) in [5.41, 5.74) is 2.73. The van der Waals surface area contributed by atoms with Crippen LogP contribution in [0.1, 0.15) is 17.7 Å². The van der Waals surface area contributed by atoms with Crippen molar-refractivity contribution in [1.29, 1.82) is 0 Å². The van der Waals surface area contributed by atoms with Crippen molar-refractivity contribution in [3.05, 3.63) is 48.0 Å². The minimum atomic E-state index is -0.447. The number of aromatic nitrogens is 2. The van der Waals surface area contributed by atoms with Crippen molar-refractivity contribution in [2.45, 2.75) is 25.8 Å². The van der Waals surface area contributed by atoms with Crippen molar-refractivity contribution in [3.8, 4) is 0 Å². The van der Waals surface area contributed by atoms with Gasteiger partial charge in [0.05, 0.1) is 24.5 Å². The van der Waals surface area contributed by atoms with Crippen molar-refractivity contribution < 1.29 is 9.59 Å². The van der Waals surface area contributed by atoms with Crippen molar-refractivity contribution in [2.24, 2.45) is 0 Å². The molecule has 2 N–H and O–H groups in total. The molecule has 6 nitrogen and oxygen atoms in total. The van der Waals surface area contributed by atoms with Crippen LogP contribution in [0.2, 0.25) is 0 Å². The summed E-state index contributed by atoms with van der Waals surface area (Å²) >= 11 is 0. The zero-order valence-corrected chi connectivity index (χ0v) is 12.4. The van der Waals surface area contributed by atoms with Gasteiger partial charge in [-0.15, -0.1) is 0 Å². The van der Waals surface area contributed by atoms with Crippen LogP contribution in [0.25, 0.3) is 0 Å². The molecule has 0 spiro atoms. The number of imide groups is 1. The minimum absolute atomic E-state index is 0.159. The third-order valence-corrected chi connectivity index (χ3v) is 3.78. The fourth-order valence-corrected chi connectivity index (χ4v) is 2.56. The first-order valence-corrected chi connectivity index (χ1v) is 7.29. The van der Waals surface area contributed by atoms with Crippen LogP contribution in [-0.2, 0) is 16.0 Å². The summed E-state index contributed by atoms with van der Waals surface area (Å²) in [6.07, 6.45) is 4.32. The summed E-state index contributed by atoms with van der Waals surface area (Å²) in [4.78, 5) is 32.8. The number of rotatable bonds is 5. The molecule has 0 saturated carbocycles. The molecule has 0 unspecified atom stereocenters. The molecule has 0 aliphatic carbocycles. The van der Waals surface area contributed by atoms with Gasteiger partial charge in [-0.2, -0.15) is 0 Å². The molecule has 1 saturated heterocycles. The highest BCUT2D eigenvalue weighted by atomic mass is 16.2. The highest BCUT2D eigenvalue weighted by Gasteiger charge is 2.39. The molecule has 22 heavy (non-hydrogen) atoms. The van der Waals surface area contributed by atoms with Gasteiger partial charge in [-0.1, -0.05) is 17.7 Å². The molecule has 1 aromatic heterocycles. The Morgan fingerprint density at radius 2 is 2.09 bits per heavy atom. The van der Waals surface area contributed by atoms with Crippen LogP contribution in [0.15, 0.2) is 36.8 Å². The van der Waals surface area contributed by atoms with Gasteiger partial charge in [0, 0.05) is 24.9 Å². The number of nitrogens with one attached hydrogen (secondary N) is 2. The van der Waals surface area contributed by atoms with Gasteiger partial charge in [0.1, 0.15) is 0 Å². The largest absolute Gasteiger partial charge is 0.348 e. The molecule has 1 fully saturated rings. The standard InChI is InChI=1S/C16H18N4O2/c1-11-2-4-13(5-3-11)20-15(21)8-14(16(20)22)18-7-6-12-9-17-10-19-12/h2-5,9-10,14,18H,6-8H2,1H3,(H,17,19)/t14-/m1/s1. The van der Waals surface area contributed by atoms with Crippen LogP contribution in [0, 0.1) is 6.92 Å². The Labute approximate surface area is 128 Å². The number of carbonyl (C=O) groups is 2. The lowest BCUT2D eigenvalue weighted by atomic mass is 10.2. The number of benzene rings is 1. The zero-order valence-electron chi connectivity index (χ0n) is 12.4. The molecule has 1 aromatic carbocycles. The van der Waals surface area contributed by atoms with E-state index < -0.39 is 6.04 Å². The average molecular weight is 298 g/mol. The van der Waals surface area contributed by atoms with Crippen LogP contribution in [0.4, 0.5) is 5.69 Å². The molecule has 6 heteroatoms. The van der Waals surface area contributed by atoms with Gasteiger partial charge < -0.3 is 10.3 Å². The molecule has 0 radical (unpaired) electrons. The van der Waals surface area contributed by atoms with Gasteiger partial charge in [-0.05, 0) is 19.1 Å².